The zero-order chi connectivity index (χ0) is 20.4. The van der Waals surface area contributed by atoms with Crippen LogP contribution in [0.15, 0.2) is 55.1 Å². The fourth-order valence-electron chi connectivity index (χ4n) is 3.24. The minimum atomic E-state index is -1.60. The highest BCUT2D eigenvalue weighted by atomic mass is 35.5. The molecule has 0 amide bonds. The summed E-state index contributed by atoms with van der Waals surface area (Å²) in [5.41, 5.74) is 4.71. The molecule has 0 aliphatic rings. The smallest absolute Gasteiger partial charge is 0.111 e. The number of halogens is 1. The third-order valence-corrected chi connectivity index (χ3v) is 6.92. The van der Waals surface area contributed by atoms with E-state index < -0.39 is 8.07 Å². The van der Waals surface area contributed by atoms with Crippen LogP contribution in [0.25, 0.3) is 22.6 Å². The predicted molar refractivity (Wildman–Crippen MR) is 119 cm³/mol. The Balaban J connectivity index is 1.56. The highest BCUT2D eigenvalue weighted by molar-refractivity contribution is 6.89. The number of rotatable bonds is 6. The van der Waals surface area contributed by atoms with E-state index in [9.17, 15) is 0 Å². The van der Waals surface area contributed by atoms with E-state index in [1.807, 2.05) is 42.9 Å². The van der Waals surface area contributed by atoms with E-state index >= 15 is 0 Å². The standard InChI is InChI=1S/C21H23ClN6Si/c1-29(2,3)21-20(25-27-26-21)16-8-10-23-18(12-16)19-13-28(14-24-19)11-9-15-6-4-5-7-17(15)22/h4-8,10,12-14H,9,11H2,1-3H3,(H,25,26,27). The van der Waals surface area contributed by atoms with Crippen molar-refractivity contribution in [3.05, 3.63) is 65.7 Å². The van der Waals surface area contributed by atoms with Crippen molar-refractivity contribution in [3.63, 3.8) is 0 Å². The number of H-pyrrole nitrogens is 1. The summed E-state index contributed by atoms with van der Waals surface area (Å²) in [7, 11) is -1.60. The summed E-state index contributed by atoms with van der Waals surface area (Å²) in [4.78, 5) is 9.06. The molecule has 1 aromatic carbocycles. The summed E-state index contributed by atoms with van der Waals surface area (Å²) in [6.07, 6.45) is 6.51. The molecule has 8 heteroatoms. The van der Waals surface area contributed by atoms with Gasteiger partial charge in [0.2, 0.25) is 0 Å². The van der Waals surface area contributed by atoms with Gasteiger partial charge in [0.1, 0.15) is 19.5 Å². The van der Waals surface area contributed by atoms with Crippen molar-refractivity contribution in [2.45, 2.75) is 32.6 Å². The molecule has 3 heterocycles. The third kappa shape index (κ3) is 4.30. The molecule has 29 heavy (non-hydrogen) atoms. The first-order valence-electron chi connectivity index (χ1n) is 9.55. The SMILES string of the molecule is C[Si](C)(C)c1n[nH]nc1-c1ccnc(-c2cn(CCc3ccccc3Cl)cn2)c1. The first-order valence-corrected chi connectivity index (χ1v) is 13.4. The van der Waals surface area contributed by atoms with Crippen LogP contribution in [0.1, 0.15) is 5.56 Å². The van der Waals surface area contributed by atoms with Gasteiger partial charge in [-0.05, 0) is 30.2 Å². The summed E-state index contributed by atoms with van der Waals surface area (Å²) in [6.45, 7) is 7.59. The molecular formula is C21H23ClN6Si. The normalized spacial score (nSPS) is 11.7. The zero-order valence-electron chi connectivity index (χ0n) is 16.7. The lowest BCUT2D eigenvalue weighted by molar-refractivity contribution is 0.696. The van der Waals surface area contributed by atoms with Crippen LogP contribution >= 0.6 is 11.6 Å². The molecule has 0 saturated heterocycles. The van der Waals surface area contributed by atoms with Gasteiger partial charge in [-0.2, -0.15) is 15.4 Å². The summed E-state index contributed by atoms with van der Waals surface area (Å²) in [5, 5.41) is 13.5. The van der Waals surface area contributed by atoms with Crippen molar-refractivity contribution in [1.29, 1.82) is 0 Å². The average molecular weight is 423 g/mol. The van der Waals surface area contributed by atoms with Gasteiger partial charge in [0, 0.05) is 29.5 Å². The Labute approximate surface area is 176 Å². The largest absolute Gasteiger partial charge is 0.336 e. The van der Waals surface area contributed by atoms with Crippen LogP contribution in [0.3, 0.4) is 0 Å². The van der Waals surface area contributed by atoms with E-state index in [0.29, 0.717) is 0 Å². The lowest BCUT2D eigenvalue weighted by atomic mass is 10.1. The second-order valence-corrected chi connectivity index (χ2v) is 13.4. The Kier molecular flexibility index (Phi) is 5.34. The zero-order valence-corrected chi connectivity index (χ0v) is 18.5. The van der Waals surface area contributed by atoms with Crippen LogP contribution < -0.4 is 5.32 Å². The van der Waals surface area contributed by atoms with E-state index in [2.05, 4.69) is 55.7 Å². The molecule has 4 rings (SSSR count). The van der Waals surface area contributed by atoms with Gasteiger partial charge in [0.15, 0.2) is 0 Å². The molecule has 3 aromatic heterocycles. The van der Waals surface area contributed by atoms with Gasteiger partial charge >= 0.3 is 0 Å². The average Bonchev–Trinajstić information content (AvgIpc) is 3.37. The Morgan fingerprint density at radius 1 is 1.03 bits per heavy atom. The minimum absolute atomic E-state index is 0.799. The molecule has 0 spiro atoms. The van der Waals surface area contributed by atoms with Gasteiger partial charge in [-0.25, -0.2) is 4.98 Å². The lowest BCUT2D eigenvalue weighted by Crippen LogP contribution is -2.40. The Morgan fingerprint density at radius 3 is 2.66 bits per heavy atom. The maximum atomic E-state index is 6.26. The molecule has 0 fully saturated rings. The molecule has 148 valence electrons. The van der Waals surface area contributed by atoms with Crippen LogP contribution in [0.4, 0.5) is 0 Å². The summed E-state index contributed by atoms with van der Waals surface area (Å²) in [5.74, 6) is 0. The van der Waals surface area contributed by atoms with Gasteiger partial charge in [-0.3, -0.25) is 4.98 Å². The summed E-state index contributed by atoms with van der Waals surface area (Å²) >= 11 is 6.26. The van der Waals surface area contributed by atoms with Crippen LogP contribution in [0, 0.1) is 0 Å². The third-order valence-electron chi connectivity index (χ3n) is 4.78. The van der Waals surface area contributed by atoms with Crippen LogP contribution in [0.5, 0.6) is 0 Å². The monoisotopic (exact) mass is 422 g/mol. The summed E-state index contributed by atoms with van der Waals surface area (Å²) < 4.78 is 2.07. The number of hydrogen-bond donors (Lipinski definition) is 1. The number of aromatic amines is 1. The molecule has 0 atom stereocenters. The predicted octanol–water partition coefficient (Wildman–Crippen LogP) is 4.17. The van der Waals surface area contributed by atoms with E-state index in [4.69, 9.17) is 11.6 Å². The molecule has 0 aliphatic heterocycles. The molecule has 0 saturated carbocycles. The van der Waals surface area contributed by atoms with Crippen LogP contribution in [0.2, 0.25) is 24.7 Å². The van der Waals surface area contributed by atoms with E-state index in [1.165, 1.54) is 0 Å². The fraction of sp³-hybridized carbons (Fsp3) is 0.238. The minimum Gasteiger partial charge on any atom is -0.336 e. The Bertz CT molecular complexity index is 1130. The quantitative estimate of drug-likeness (QED) is 0.473. The molecule has 0 radical (unpaired) electrons. The number of aryl methyl sites for hydroxylation is 2. The van der Waals surface area contributed by atoms with Crippen LogP contribution in [-0.4, -0.2) is 38.0 Å². The van der Waals surface area contributed by atoms with Crippen molar-refractivity contribution in [2.24, 2.45) is 0 Å². The van der Waals surface area contributed by atoms with Gasteiger partial charge in [0.25, 0.3) is 0 Å². The molecule has 6 nitrogen and oxygen atoms in total. The number of hydrogen-bond acceptors (Lipinski definition) is 4. The molecular weight excluding hydrogens is 400 g/mol. The maximum Gasteiger partial charge on any atom is 0.111 e. The molecule has 4 aromatic rings. The van der Waals surface area contributed by atoms with Crippen molar-refractivity contribution >= 4 is 25.0 Å². The molecule has 0 bridgehead atoms. The molecule has 1 N–H and O–H groups in total. The van der Waals surface area contributed by atoms with E-state index in [0.717, 1.165) is 51.5 Å². The first kappa shape index (κ1) is 19.5. The van der Waals surface area contributed by atoms with Crippen molar-refractivity contribution < 1.29 is 0 Å². The van der Waals surface area contributed by atoms with Crippen molar-refractivity contribution in [1.82, 2.24) is 29.9 Å². The molecule has 0 aliphatic carbocycles. The van der Waals surface area contributed by atoms with Crippen LogP contribution in [-0.2, 0) is 13.0 Å². The lowest BCUT2D eigenvalue weighted by Gasteiger charge is -2.13. The Morgan fingerprint density at radius 2 is 1.86 bits per heavy atom. The Hall–Kier alpha value is -2.77. The fourth-order valence-corrected chi connectivity index (χ4v) is 4.76. The number of pyridine rings is 1. The number of aromatic nitrogens is 6. The van der Waals surface area contributed by atoms with Gasteiger partial charge in [0.05, 0.1) is 17.3 Å². The maximum absolute atomic E-state index is 6.26. The number of imidazole rings is 1. The van der Waals surface area contributed by atoms with E-state index in [1.54, 1.807) is 6.20 Å². The molecule has 0 unspecified atom stereocenters. The van der Waals surface area contributed by atoms with Crippen molar-refractivity contribution in [2.75, 3.05) is 0 Å². The first-order chi connectivity index (χ1) is 13.9. The highest BCUT2D eigenvalue weighted by Gasteiger charge is 2.25. The number of nitrogens with one attached hydrogen (secondary N) is 1. The summed E-state index contributed by atoms with van der Waals surface area (Å²) in [6, 6.07) is 11.9. The van der Waals surface area contributed by atoms with Crippen molar-refractivity contribution in [3.8, 4) is 22.6 Å². The topological polar surface area (TPSA) is 72.3 Å². The van der Waals surface area contributed by atoms with E-state index in [-0.39, 0.29) is 0 Å². The second kappa shape index (κ2) is 7.92. The van der Waals surface area contributed by atoms with Gasteiger partial charge in [-0.15, -0.1) is 0 Å². The van der Waals surface area contributed by atoms with Gasteiger partial charge < -0.3 is 4.57 Å². The number of benzene rings is 1. The highest BCUT2D eigenvalue weighted by Crippen LogP contribution is 2.23. The second-order valence-electron chi connectivity index (χ2n) is 8.04. The van der Waals surface area contributed by atoms with Gasteiger partial charge in [-0.1, -0.05) is 49.4 Å². The number of nitrogens with zero attached hydrogens (tertiary/aromatic N) is 5.